The molecule has 5 nitrogen and oxygen atoms in total. The molecule has 0 saturated carbocycles. The van der Waals surface area contributed by atoms with Crippen molar-refractivity contribution >= 4 is 5.97 Å². The van der Waals surface area contributed by atoms with Crippen molar-refractivity contribution in [3.05, 3.63) is 47.9 Å². The number of hydrogen-bond donors (Lipinski definition) is 2. The number of aliphatic carboxylic acids is 1. The van der Waals surface area contributed by atoms with Crippen LogP contribution in [0.15, 0.2) is 30.5 Å². The minimum Gasteiger partial charge on any atom is -0.480 e. The summed E-state index contributed by atoms with van der Waals surface area (Å²) in [5, 5.41) is 8.76. The summed E-state index contributed by atoms with van der Waals surface area (Å²) in [6, 6.07) is 3.34. The summed E-state index contributed by atoms with van der Waals surface area (Å²) in [4.78, 5) is 18.4. The van der Waals surface area contributed by atoms with Gasteiger partial charge in [0.15, 0.2) is 23.5 Å². The molecule has 0 aliphatic rings. The standard InChI is InChI=1S/C12H9F2N3O2/c13-7-2-1-6(5-8(7)14)9-3-4-16-11(17-9)10(15)12(18)19/h1-5,10H,15H2,(H,18,19). The second-order valence-corrected chi connectivity index (χ2v) is 3.74. The van der Waals surface area contributed by atoms with E-state index in [1.54, 1.807) is 0 Å². The summed E-state index contributed by atoms with van der Waals surface area (Å²) in [7, 11) is 0. The Bertz CT molecular complexity index is 634. The van der Waals surface area contributed by atoms with Gasteiger partial charge in [-0.25, -0.2) is 18.7 Å². The van der Waals surface area contributed by atoms with Gasteiger partial charge in [0.05, 0.1) is 5.69 Å². The van der Waals surface area contributed by atoms with Crippen molar-refractivity contribution in [1.82, 2.24) is 9.97 Å². The minimum absolute atomic E-state index is 0.102. The molecule has 0 fully saturated rings. The molecule has 1 aromatic carbocycles. The van der Waals surface area contributed by atoms with Gasteiger partial charge in [-0.3, -0.25) is 4.79 Å². The summed E-state index contributed by atoms with van der Waals surface area (Å²) in [6.07, 6.45) is 1.31. The molecular formula is C12H9F2N3O2. The van der Waals surface area contributed by atoms with Gasteiger partial charge in [0.1, 0.15) is 0 Å². The van der Waals surface area contributed by atoms with Crippen LogP contribution in [0.2, 0.25) is 0 Å². The fourth-order valence-electron chi connectivity index (χ4n) is 1.45. The molecule has 2 rings (SSSR count). The highest BCUT2D eigenvalue weighted by atomic mass is 19.2. The predicted molar refractivity (Wildman–Crippen MR) is 61.9 cm³/mol. The first-order valence-corrected chi connectivity index (χ1v) is 5.26. The summed E-state index contributed by atoms with van der Waals surface area (Å²) < 4.78 is 25.9. The minimum atomic E-state index is -1.37. The molecule has 0 bridgehead atoms. The molecule has 2 aromatic rings. The summed E-state index contributed by atoms with van der Waals surface area (Å²) >= 11 is 0. The maximum absolute atomic E-state index is 13.1. The lowest BCUT2D eigenvalue weighted by molar-refractivity contribution is -0.138. The number of aromatic nitrogens is 2. The lowest BCUT2D eigenvalue weighted by atomic mass is 10.1. The number of halogens is 2. The first kappa shape index (κ1) is 13.0. The molecule has 0 aliphatic carbocycles. The zero-order chi connectivity index (χ0) is 14.0. The van der Waals surface area contributed by atoms with Gasteiger partial charge in [0.2, 0.25) is 0 Å². The van der Waals surface area contributed by atoms with E-state index in [1.807, 2.05) is 0 Å². The van der Waals surface area contributed by atoms with Crippen molar-refractivity contribution in [1.29, 1.82) is 0 Å². The van der Waals surface area contributed by atoms with Crippen LogP contribution >= 0.6 is 0 Å². The SMILES string of the molecule is NC(C(=O)O)c1nccc(-c2ccc(F)c(F)c2)n1. The fraction of sp³-hybridized carbons (Fsp3) is 0.0833. The smallest absolute Gasteiger partial charge is 0.328 e. The van der Waals surface area contributed by atoms with E-state index in [1.165, 1.54) is 18.3 Å². The highest BCUT2D eigenvalue weighted by molar-refractivity contribution is 5.74. The molecule has 0 radical (unpaired) electrons. The number of rotatable bonds is 3. The lowest BCUT2D eigenvalue weighted by Gasteiger charge is -2.07. The maximum Gasteiger partial charge on any atom is 0.328 e. The number of nitrogens with zero attached hydrogens (tertiary/aromatic N) is 2. The van der Waals surface area contributed by atoms with Crippen molar-refractivity contribution < 1.29 is 18.7 Å². The molecular weight excluding hydrogens is 256 g/mol. The van der Waals surface area contributed by atoms with Gasteiger partial charge in [0.25, 0.3) is 0 Å². The van der Waals surface area contributed by atoms with Crippen LogP contribution in [-0.4, -0.2) is 21.0 Å². The molecule has 1 aromatic heterocycles. The average Bonchev–Trinajstić information content (AvgIpc) is 2.41. The van der Waals surface area contributed by atoms with Gasteiger partial charge in [-0.05, 0) is 24.3 Å². The molecule has 0 spiro atoms. The first-order valence-electron chi connectivity index (χ1n) is 5.26. The molecule has 1 atom stereocenters. The van der Waals surface area contributed by atoms with E-state index >= 15 is 0 Å². The van der Waals surface area contributed by atoms with Crippen LogP contribution in [0.5, 0.6) is 0 Å². The third kappa shape index (κ3) is 2.71. The Balaban J connectivity index is 2.43. The van der Waals surface area contributed by atoms with Crippen LogP contribution < -0.4 is 5.73 Å². The number of benzene rings is 1. The summed E-state index contributed by atoms with van der Waals surface area (Å²) in [6.45, 7) is 0. The zero-order valence-electron chi connectivity index (χ0n) is 9.55. The fourth-order valence-corrected chi connectivity index (χ4v) is 1.45. The molecule has 1 unspecified atom stereocenters. The van der Waals surface area contributed by atoms with Crippen molar-refractivity contribution in [3.63, 3.8) is 0 Å². The lowest BCUT2D eigenvalue weighted by Crippen LogP contribution is -2.23. The second-order valence-electron chi connectivity index (χ2n) is 3.74. The van der Waals surface area contributed by atoms with Crippen LogP contribution in [-0.2, 0) is 4.79 Å². The van der Waals surface area contributed by atoms with Gasteiger partial charge < -0.3 is 10.8 Å². The number of carboxylic acids is 1. The van der Waals surface area contributed by atoms with Gasteiger partial charge >= 0.3 is 5.97 Å². The Hall–Kier alpha value is -2.41. The maximum atomic E-state index is 13.1. The summed E-state index contributed by atoms with van der Waals surface area (Å²) in [5.41, 5.74) is 5.95. The van der Waals surface area contributed by atoms with E-state index in [0.29, 0.717) is 5.56 Å². The van der Waals surface area contributed by atoms with Crippen molar-refractivity contribution in [2.24, 2.45) is 5.73 Å². The number of nitrogens with two attached hydrogens (primary N) is 1. The normalized spacial score (nSPS) is 12.2. The van der Waals surface area contributed by atoms with E-state index < -0.39 is 23.6 Å². The molecule has 7 heteroatoms. The number of carbonyl (C=O) groups is 1. The van der Waals surface area contributed by atoms with Crippen LogP contribution in [0.1, 0.15) is 11.9 Å². The third-order valence-electron chi connectivity index (χ3n) is 2.43. The largest absolute Gasteiger partial charge is 0.480 e. The van der Waals surface area contributed by atoms with Gasteiger partial charge in [0, 0.05) is 11.8 Å². The van der Waals surface area contributed by atoms with E-state index in [0.717, 1.165) is 12.1 Å². The Morgan fingerprint density at radius 2 is 2.00 bits per heavy atom. The van der Waals surface area contributed by atoms with E-state index in [2.05, 4.69) is 9.97 Å². The van der Waals surface area contributed by atoms with Crippen molar-refractivity contribution in [2.45, 2.75) is 6.04 Å². The van der Waals surface area contributed by atoms with Gasteiger partial charge in [-0.1, -0.05) is 0 Å². The quantitative estimate of drug-likeness (QED) is 0.878. The average molecular weight is 265 g/mol. The van der Waals surface area contributed by atoms with Gasteiger partial charge in [-0.2, -0.15) is 0 Å². The topological polar surface area (TPSA) is 89.1 Å². The molecule has 19 heavy (non-hydrogen) atoms. The van der Waals surface area contributed by atoms with E-state index in [9.17, 15) is 13.6 Å². The Morgan fingerprint density at radius 3 is 2.63 bits per heavy atom. The molecule has 1 heterocycles. The van der Waals surface area contributed by atoms with Crippen molar-refractivity contribution in [3.8, 4) is 11.3 Å². The van der Waals surface area contributed by atoms with E-state index in [-0.39, 0.29) is 11.5 Å². The molecule has 0 amide bonds. The Morgan fingerprint density at radius 1 is 1.26 bits per heavy atom. The first-order chi connectivity index (χ1) is 8.99. The second kappa shape index (κ2) is 5.07. The number of hydrogen-bond acceptors (Lipinski definition) is 4. The molecule has 0 aliphatic heterocycles. The molecule has 3 N–H and O–H groups in total. The number of carboxylic acid groups (broad SMARTS) is 1. The van der Waals surface area contributed by atoms with Crippen LogP contribution in [0.25, 0.3) is 11.3 Å². The van der Waals surface area contributed by atoms with Gasteiger partial charge in [-0.15, -0.1) is 0 Å². The van der Waals surface area contributed by atoms with E-state index in [4.69, 9.17) is 10.8 Å². The summed E-state index contributed by atoms with van der Waals surface area (Å²) in [5.74, 6) is -3.36. The monoisotopic (exact) mass is 265 g/mol. The molecule has 98 valence electrons. The highest BCUT2D eigenvalue weighted by Crippen LogP contribution is 2.20. The van der Waals surface area contributed by atoms with Crippen LogP contribution in [0.4, 0.5) is 8.78 Å². The zero-order valence-corrected chi connectivity index (χ0v) is 9.55. The van der Waals surface area contributed by atoms with Crippen LogP contribution in [0, 0.1) is 11.6 Å². The van der Waals surface area contributed by atoms with Crippen LogP contribution in [0.3, 0.4) is 0 Å². The highest BCUT2D eigenvalue weighted by Gasteiger charge is 2.18. The Kier molecular flexibility index (Phi) is 3.48. The third-order valence-corrected chi connectivity index (χ3v) is 2.43. The predicted octanol–water partition coefficient (Wildman–Crippen LogP) is 1.51. The molecule has 0 saturated heterocycles. The Labute approximate surface area is 106 Å². The van der Waals surface area contributed by atoms with Crippen molar-refractivity contribution in [2.75, 3.05) is 0 Å².